The van der Waals surface area contributed by atoms with E-state index in [0.29, 0.717) is 24.5 Å². The number of methoxy groups -OCH3 is 1. The standard InChI is InChI=1S/C29H28O3/c1-4-23-10-19-29(24(5-2)22-23)32-21-9-7-6-8-20-31-28-17-13-26(14-18-28)25-11-15-27(30-3)16-12-25/h1-2,10-19,22H,6-9,20-21H2,3H3. The topological polar surface area (TPSA) is 27.7 Å². The van der Waals surface area contributed by atoms with Crippen LogP contribution in [0.1, 0.15) is 36.8 Å². The highest BCUT2D eigenvalue weighted by Gasteiger charge is 2.03. The van der Waals surface area contributed by atoms with Gasteiger partial charge in [0.2, 0.25) is 0 Å². The largest absolute Gasteiger partial charge is 0.497 e. The van der Waals surface area contributed by atoms with E-state index in [-0.39, 0.29) is 0 Å². The summed E-state index contributed by atoms with van der Waals surface area (Å²) in [6.07, 6.45) is 15.1. The first kappa shape index (κ1) is 22.9. The predicted molar refractivity (Wildman–Crippen MR) is 130 cm³/mol. The van der Waals surface area contributed by atoms with Crippen LogP contribution in [0, 0.1) is 24.7 Å². The Morgan fingerprint density at radius 2 is 1.25 bits per heavy atom. The third-order valence-corrected chi connectivity index (χ3v) is 5.14. The number of unbranched alkanes of at least 4 members (excludes halogenated alkanes) is 3. The van der Waals surface area contributed by atoms with Crippen LogP contribution in [0.5, 0.6) is 17.2 Å². The van der Waals surface area contributed by atoms with Crippen LogP contribution in [0.25, 0.3) is 11.1 Å². The summed E-state index contributed by atoms with van der Waals surface area (Å²) >= 11 is 0. The van der Waals surface area contributed by atoms with Crippen LogP contribution < -0.4 is 14.2 Å². The number of benzene rings is 3. The molecule has 32 heavy (non-hydrogen) atoms. The van der Waals surface area contributed by atoms with E-state index in [9.17, 15) is 0 Å². The number of ether oxygens (including phenoxy) is 3. The van der Waals surface area contributed by atoms with Crippen molar-refractivity contribution in [2.24, 2.45) is 0 Å². The Labute approximate surface area is 191 Å². The zero-order chi connectivity index (χ0) is 22.6. The van der Waals surface area contributed by atoms with Gasteiger partial charge in [-0.2, -0.15) is 0 Å². The molecule has 0 amide bonds. The van der Waals surface area contributed by atoms with Gasteiger partial charge in [-0.05, 0) is 79.3 Å². The van der Waals surface area contributed by atoms with E-state index in [2.05, 4.69) is 36.1 Å². The Morgan fingerprint density at radius 3 is 1.81 bits per heavy atom. The van der Waals surface area contributed by atoms with Gasteiger partial charge in [-0.1, -0.05) is 36.1 Å². The monoisotopic (exact) mass is 424 g/mol. The van der Waals surface area contributed by atoms with Gasteiger partial charge in [-0.25, -0.2) is 0 Å². The average Bonchev–Trinajstić information content (AvgIpc) is 2.86. The van der Waals surface area contributed by atoms with Crippen molar-refractivity contribution >= 4 is 0 Å². The Morgan fingerprint density at radius 1 is 0.656 bits per heavy atom. The van der Waals surface area contributed by atoms with Crippen LogP contribution in [0.3, 0.4) is 0 Å². The number of terminal acetylenes is 2. The fourth-order valence-corrected chi connectivity index (χ4v) is 3.32. The van der Waals surface area contributed by atoms with Gasteiger partial charge >= 0.3 is 0 Å². The molecule has 3 heteroatoms. The Hall–Kier alpha value is -3.82. The lowest BCUT2D eigenvalue weighted by atomic mass is 10.1. The number of hydrogen-bond donors (Lipinski definition) is 0. The molecule has 0 unspecified atom stereocenters. The van der Waals surface area contributed by atoms with Crippen LogP contribution in [0.4, 0.5) is 0 Å². The minimum absolute atomic E-state index is 0.637. The second-order valence-corrected chi connectivity index (χ2v) is 7.36. The fourth-order valence-electron chi connectivity index (χ4n) is 3.32. The van der Waals surface area contributed by atoms with Crippen molar-refractivity contribution < 1.29 is 14.2 Å². The molecule has 0 spiro atoms. The predicted octanol–water partition coefficient (Wildman–Crippen LogP) is 6.34. The quantitative estimate of drug-likeness (QED) is 0.265. The van der Waals surface area contributed by atoms with Crippen molar-refractivity contribution in [2.75, 3.05) is 20.3 Å². The molecule has 0 fully saturated rings. The molecule has 3 nitrogen and oxygen atoms in total. The third kappa shape index (κ3) is 6.59. The van der Waals surface area contributed by atoms with Gasteiger partial charge in [0.15, 0.2) is 0 Å². The van der Waals surface area contributed by atoms with Crippen molar-refractivity contribution in [1.82, 2.24) is 0 Å². The molecule has 3 rings (SSSR count). The van der Waals surface area contributed by atoms with E-state index in [1.165, 1.54) is 0 Å². The summed E-state index contributed by atoms with van der Waals surface area (Å²) in [6.45, 7) is 1.34. The van der Waals surface area contributed by atoms with Crippen LogP contribution in [-0.4, -0.2) is 20.3 Å². The lowest BCUT2D eigenvalue weighted by Crippen LogP contribution is -2.01. The Bertz CT molecular complexity index is 1070. The maximum Gasteiger partial charge on any atom is 0.134 e. The average molecular weight is 425 g/mol. The van der Waals surface area contributed by atoms with Crippen LogP contribution in [0.15, 0.2) is 66.7 Å². The normalized spacial score (nSPS) is 10.1. The van der Waals surface area contributed by atoms with Gasteiger partial charge in [0.25, 0.3) is 0 Å². The van der Waals surface area contributed by atoms with Crippen molar-refractivity contribution in [2.45, 2.75) is 25.7 Å². The molecule has 3 aromatic carbocycles. The van der Waals surface area contributed by atoms with Gasteiger partial charge in [-0.3, -0.25) is 0 Å². The zero-order valence-electron chi connectivity index (χ0n) is 18.5. The molecule has 0 atom stereocenters. The highest BCUT2D eigenvalue weighted by atomic mass is 16.5. The number of rotatable bonds is 11. The van der Waals surface area contributed by atoms with Gasteiger partial charge in [0.05, 0.1) is 25.9 Å². The van der Waals surface area contributed by atoms with E-state index in [1.807, 2.05) is 36.4 Å². The molecule has 0 aliphatic heterocycles. The molecule has 0 aliphatic carbocycles. The maximum absolute atomic E-state index is 5.87. The highest BCUT2D eigenvalue weighted by Crippen LogP contribution is 2.25. The smallest absolute Gasteiger partial charge is 0.134 e. The van der Waals surface area contributed by atoms with Gasteiger partial charge in [0.1, 0.15) is 17.2 Å². The third-order valence-electron chi connectivity index (χ3n) is 5.14. The van der Waals surface area contributed by atoms with E-state index in [0.717, 1.165) is 53.9 Å². The lowest BCUT2D eigenvalue weighted by molar-refractivity contribution is 0.287. The summed E-state index contributed by atoms with van der Waals surface area (Å²) < 4.78 is 16.9. The maximum atomic E-state index is 5.87. The minimum atomic E-state index is 0.637. The molecular formula is C29H28O3. The summed E-state index contributed by atoms with van der Waals surface area (Å²) in [5.74, 6) is 7.68. The molecule has 0 aliphatic rings. The van der Waals surface area contributed by atoms with Crippen molar-refractivity contribution in [1.29, 1.82) is 0 Å². The van der Waals surface area contributed by atoms with Gasteiger partial charge in [-0.15, -0.1) is 12.8 Å². The summed E-state index contributed by atoms with van der Waals surface area (Å²) in [5, 5.41) is 0. The van der Waals surface area contributed by atoms with E-state index < -0.39 is 0 Å². The van der Waals surface area contributed by atoms with Crippen LogP contribution in [-0.2, 0) is 0 Å². The first-order valence-corrected chi connectivity index (χ1v) is 10.8. The summed E-state index contributed by atoms with van der Waals surface area (Å²) in [4.78, 5) is 0. The van der Waals surface area contributed by atoms with E-state index >= 15 is 0 Å². The van der Waals surface area contributed by atoms with Gasteiger partial charge in [0, 0.05) is 5.56 Å². The molecule has 0 heterocycles. The van der Waals surface area contributed by atoms with Crippen molar-refractivity contribution in [3.8, 4) is 53.1 Å². The Kier molecular flexibility index (Phi) is 8.67. The second-order valence-electron chi connectivity index (χ2n) is 7.36. The molecule has 0 bridgehead atoms. The molecular weight excluding hydrogens is 396 g/mol. The van der Waals surface area contributed by atoms with E-state index in [1.54, 1.807) is 13.2 Å². The first-order chi connectivity index (χ1) is 15.7. The molecule has 0 aromatic heterocycles. The minimum Gasteiger partial charge on any atom is -0.497 e. The van der Waals surface area contributed by atoms with Crippen LogP contribution in [0.2, 0.25) is 0 Å². The molecule has 0 saturated carbocycles. The summed E-state index contributed by atoms with van der Waals surface area (Å²) in [6, 6.07) is 21.7. The van der Waals surface area contributed by atoms with Gasteiger partial charge < -0.3 is 14.2 Å². The fraction of sp³-hybridized carbons (Fsp3) is 0.241. The SMILES string of the molecule is C#Cc1ccc(OCCCCCCOc2ccc(-c3ccc(OC)cc3)cc2)c(C#C)c1. The molecule has 0 N–H and O–H groups in total. The molecule has 3 aromatic rings. The van der Waals surface area contributed by atoms with Crippen molar-refractivity contribution in [3.05, 3.63) is 77.9 Å². The van der Waals surface area contributed by atoms with Crippen molar-refractivity contribution in [3.63, 3.8) is 0 Å². The summed E-state index contributed by atoms with van der Waals surface area (Å²) in [7, 11) is 1.67. The first-order valence-electron chi connectivity index (χ1n) is 10.8. The molecule has 0 radical (unpaired) electrons. The number of hydrogen-bond acceptors (Lipinski definition) is 3. The summed E-state index contributed by atoms with van der Waals surface area (Å²) in [5.41, 5.74) is 3.77. The Balaban J connectivity index is 1.31. The molecule has 0 saturated heterocycles. The lowest BCUT2D eigenvalue weighted by Gasteiger charge is -2.09. The molecule has 162 valence electrons. The van der Waals surface area contributed by atoms with Crippen LogP contribution >= 0.6 is 0 Å². The zero-order valence-corrected chi connectivity index (χ0v) is 18.5. The highest BCUT2D eigenvalue weighted by molar-refractivity contribution is 5.64. The second kappa shape index (κ2) is 12.1. The van der Waals surface area contributed by atoms with E-state index in [4.69, 9.17) is 27.1 Å².